The van der Waals surface area contributed by atoms with Crippen LogP contribution < -0.4 is 10.1 Å². The van der Waals surface area contributed by atoms with Gasteiger partial charge >= 0.3 is 6.03 Å². The van der Waals surface area contributed by atoms with Gasteiger partial charge < -0.3 is 19.9 Å². The Bertz CT molecular complexity index is 862. The second-order valence-corrected chi connectivity index (χ2v) is 7.76. The van der Waals surface area contributed by atoms with Gasteiger partial charge in [-0.25, -0.2) is 4.79 Å². The highest BCUT2D eigenvalue weighted by Gasteiger charge is 2.22. The van der Waals surface area contributed by atoms with Gasteiger partial charge in [0.1, 0.15) is 5.75 Å². The Labute approximate surface area is 178 Å². The maximum atomic E-state index is 12.8. The zero-order valence-corrected chi connectivity index (χ0v) is 17.9. The van der Waals surface area contributed by atoms with E-state index in [-0.39, 0.29) is 18.5 Å². The number of nitrogens with one attached hydrogen (secondary N) is 1. The van der Waals surface area contributed by atoms with Crippen molar-refractivity contribution in [2.24, 2.45) is 0 Å². The molecule has 0 bridgehead atoms. The quantitative estimate of drug-likeness (QED) is 0.795. The minimum atomic E-state index is -0.151. The van der Waals surface area contributed by atoms with E-state index in [2.05, 4.69) is 22.3 Å². The second-order valence-electron chi connectivity index (χ2n) is 7.76. The van der Waals surface area contributed by atoms with E-state index in [1.54, 1.807) is 14.1 Å². The monoisotopic (exact) mass is 410 g/mol. The van der Waals surface area contributed by atoms with Gasteiger partial charge in [0.15, 0.2) is 6.61 Å². The fourth-order valence-electron chi connectivity index (χ4n) is 3.27. The molecule has 3 rings (SSSR count). The maximum Gasteiger partial charge on any atom is 0.322 e. The van der Waals surface area contributed by atoms with Crippen molar-refractivity contribution in [1.29, 1.82) is 0 Å². The average Bonchev–Trinajstić information content (AvgIpc) is 2.74. The lowest BCUT2D eigenvalue weighted by Gasteiger charge is -2.34. The fraction of sp³-hybridized carbons (Fsp3) is 0.391. The summed E-state index contributed by atoms with van der Waals surface area (Å²) < 4.78 is 5.68. The molecule has 0 aliphatic carbocycles. The van der Waals surface area contributed by atoms with Crippen molar-refractivity contribution >= 4 is 17.6 Å². The van der Waals surface area contributed by atoms with Gasteiger partial charge in [0.2, 0.25) is 0 Å². The van der Waals surface area contributed by atoms with Gasteiger partial charge in [-0.3, -0.25) is 9.69 Å². The third-order valence-corrected chi connectivity index (χ3v) is 5.14. The Morgan fingerprint density at radius 3 is 2.40 bits per heavy atom. The van der Waals surface area contributed by atoms with Crippen molar-refractivity contribution in [3.8, 4) is 5.75 Å². The van der Waals surface area contributed by atoms with Crippen LogP contribution in [-0.4, -0.2) is 73.5 Å². The van der Waals surface area contributed by atoms with Crippen LogP contribution in [-0.2, 0) is 11.3 Å². The van der Waals surface area contributed by atoms with Crippen LogP contribution in [0.4, 0.5) is 10.5 Å². The molecule has 0 saturated carbocycles. The molecule has 1 aliphatic rings. The number of carbonyl (C=O) groups is 2. The standard InChI is InChI=1S/C23H30N4O3/c1-18-9-10-20(21(15-18)30-17-22(28)25(2)3)24-23(29)27-13-11-26(12-14-27)16-19-7-5-4-6-8-19/h4-10,15H,11-14,16-17H2,1-3H3,(H,24,29). The van der Waals surface area contributed by atoms with Gasteiger partial charge in [-0.2, -0.15) is 0 Å². The van der Waals surface area contributed by atoms with Crippen LogP contribution in [0.5, 0.6) is 5.75 Å². The molecular weight excluding hydrogens is 380 g/mol. The molecule has 0 aromatic heterocycles. The van der Waals surface area contributed by atoms with Gasteiger partial charge in [-0.15, -0.1) is 0 Å². The van der Waals surface area contributed by atoms with E-state index in [0.29, 0.717) is 24.5 Å². The highest BCUT2D eigenvalue weighted by Crippen LogP contribution is 2.26. The Morgan fingerprint density at radius 2 is 1.73 bits per heavy atom. The van der Waals surface area contributed by atoms with Crippen LogP contribution in [0.1, 0.15) is 11.1 Å². The third kappa shape index (κ3) is 5.97. The number of rotatable bonds is 6. The van der Waals surface area contributed by atoms with E-state index in [4.69, 9.17) is 4.74 Å². The topological polar surface area (TPSA) is 65.1 Å². The number of hydrogen-bond donors (Lipinski definition) is 1. The molecule has 30 heavy (non-hydrogen) atoms. The average molecular weight is 411 g/mol. The number of likely N-dealkylation sites (N-methyl/N-ethyl adjacent to an activating group) is 1. The van der Waals surface area contributed by atoms with Gasteiger partial charge in [-0.1, -0.05) is 36.4 Å². The summed E-state index contributed by atoms with van der Waals surface area (Å²) in [6, 6.07) is 15.8. The normalized spacial score (nSPS) is 14.3. The SMILES string of the molecule is Cc1ccc(NC(=O)N2CCN(Cc3ccccc3)CC2)c(OCC(=O)N(C)C)c1. The molecule has 3 amide bonds. The molecule has 2 aromatic carbocycles. The minimum absolute atomic E-state index is 0.0719. The zero-order chi connectivity index (χ0) is 21.5. The summed E-state index contributed by atoms with van der Waals surface area (Å²) in [6.07, 6.45) is 0. The Hall–Kier alpha value is -3.06. The summed E-state index contributed by atoms with van der Waals surface area (Å²) in [6.45, 7) is 5.76. The number of benzene rings is 2. The van der Waals surface area contributed by atoms with Gasteiger partial charge in [-0.05, 0) is 30.2 Å². The number of amides is 3. The molecule has 1 saturated heterocycles. The highest BCUT2D eigenvalue weighted by atomic mass is 16.5. The lowest BCUT2D eigenvalue weighted by molar-refractivity contribution is -0.130. The summed E-state index contributed by atoms with van der Waals surface area (Å²) in [5, 5.41) is 2.94. The van der Waals surface area contributed by atoms with Crippen LogP contribution in [0.3, 0.4) is 0 Å². The maximum absolute atomic E-state index is 12.8. The first-order valence-corrected chi connectivity index (χ1v) is 10.2. The highest BCUT2D eigenvalue weighted by molar-refractivity contribution is 5.91. The number of anilines is 1. The molecule has 0 unspecified atom stereocenters. The van der Waals surface area contributed by atoms with E-state index in [1.807, 2.05) is 48.2 Å². The molecule has 7 nitrogen and oxygen atoms in total. The van der Waals surface area contributed by atoms with Crippen molar-refractivity contribution in [2.75, 3.05) is 52.2 Å². The van der Waals surface area contributed by atoms with E-state index >= 15 is 0 Å². The predicted octanol–water partition coefficient (Wildman–Crippen LogP) is 2.81. The van der Waals surface area contributed by atoms with Gasteiger partial charge in [0, 0.05) is 46.8 Å². The van der Waals surface area contributed by atoms with Crippen molar-refractivity contribution < 1.29 is 14.3 Å². The van der Waals surface area contributed by atoms with Gasteiger partial charge in [0.05, 0.1) is 5.69 Å². The number of ether oxygens (including phenoxy) is 1. The summed E-state index contributed by atoms with van der Waals surface area (Å²) in [4.78, 5) is 30.3. The largest absolute Gasteiger partial charge is 0.482 e. The summed E-state index contributed by atoms with van der Waals surface area (Å²) in [7, 11) is 3.37. The Balaban J connectivity index is 1.55. The Morgan fingerprint density at radius 1 is 1.03 bits per heavy atom. The van der Waals surface area contributed by atoms with E-state index < -0.39 is 0 Å². The van der Waals surface area contributed by atoms with Crippen molar-refractivity contribution in [3.05, 3.63) is 59.7 Å². The fourth-order valence-corrected chi connectivity index (χ4v) is 3.27. The van der Waals surface area contributed by atoms with E-state index in [9.17, 15) is 9.59 Å². The molecule has 1 heterocycles. The number of nitrogens with zero attached hydrogens (tertiary/aromatic N) is 3. The summed E-state index contributed by atoms with van der Waals surface area (Å²) in [5.41, 5.74) is 2.85. The van der Waals surface area contributed by atoms with Crippen LogP contribution in [0.2, 0.25) is 0 Å². The Kier molecular flexibility index (Phi) is 7.30. The molecule has 1 fully saturated rings. The van der Waals surface area contributed by atoms with Crippen molar-refractivity contribution in [3.63, 3.8) is 0 Å². The lowest BCUT2D eigenvalue weighted by Crippen LogP contribution is -2.49. The molecule has 7 heteroatoms. The number of carbonyl (C=O) groups excluding carboxylic acids is 2. The molecular formula is C23H30N4O3. The first kappa shape index (κ1) is 21.6. The third-order valence-electron chi connectivity index (χ3n) is 5.14. The number of hydrogen-bond acceptors (Lipinski definition) is 4. The number of aryl methyl sites for hydroxylation is 1. The molecule has 2 aromatic rings. The van der Waals surface area contributed by atoms with Crippen LogP contribution in [0.25, 0.3) is 0 Å². The van der Waals surface area contributed by atoms with Crippen molar-refractivity contribution in [2.45, 2.75) is 13.5 Å². The molecule has 0 spiro atoms. The van der Waals surface area contributed by atoms with Crippen LogP contribution >= 0.6 is 0 Å². The molecule has 1 N–H and O–H groups in total. The number of urea groups is 1. The smallest absolute Gasteiger partial charge is 0.322 e. The molecule has 0 atom stereocenters. The van der Waals surface area contributed by atoms with Crippen molar-refractivity contribution in [1.82, 2.24) is 14.7 Å². The van der Waals surface area contributed by atoms with Gasteiger partial charge in [0.25, 0.3) is 5.91 Å². The molecule has 1 aliphatic heterocycles. The first-order valence-electron chi connectivity index (χ1n) is 10.2. The zero-order valence-electron chi connectivity index (χ0n) is 17.9. The molecule has 0 radical (unpaired) electrons. The van der Waals surface area contributed by atoms with Crippen LogP contribution in [0, 0.1) is 6.92 Å². The molecule has 160 valence electrons. The summed E-state index contributed by atoms with van der Waals surface area (Å²) in [5.74, 6) is 0.365. The summed E-state index contributed by atoms with van der Waals surface area (Å²) >= 11 is 0. The van der Waals surface area contributed by atoms with Crippen LogP contribution in [0.15, 0.2) is 48.5 Å². The van der Waals surface area contributed by atoms with E-state index in [1.165, 1.54) is 10.5 Å². The number of piperazine rings is 1. The second kappa shape index (κ2) is 10.1. The lowest BCUT2D eigenvalue weighted by atomic mass is 10.2. The predicted molar refractivity (Wildman–Crippen MR) is 118 cm³/mol. The first-order chi connectivity index (χ1) is 14.4. The minimum Gasteiger partial charge on any atom is -0.482 e. The van der Waals surface area contributed by atoms with E-state index in [0.717, 1.165) is 25.2 Å².